The summed E-state index contributed by atoms with van der Waals surface area (Å²) in [5.41, 5.74) is 0.883. The Bertz CT molecular complexity index is 677. The topological polar surface area (TPSA) is 77.1 Å². The van der Waals surface area contributed by atoms with Gasteiger partial charge in [0.2, 0.25) is 11.8 Å². The highest BCUT2D eigenvalue weighted by molar-refractivity contribution is 5.83. The number of amides is 2. The molecule has 0 bridgehead atoms. The molecule has 1 aliphatic rings. The van der Waals surface area contributed by atoms with Crippen molar-refractivity contribution in [2.45, 2.75) is 26.2 Å². The number of likely N-dealkylation sites (tertiary alicyclic amines) is 1. The molecule has 2 unspecified atom stereocenters. The van der Waals surface area contributed by atoms with Gasteiger partial charge in [-0.1, -0.05) is 26.0 Å². The van der Waals surface area contributed by atoms with Crippen LogP contribution in [0.5, 0.6) is 11.5 Å². The van der Waals surface area contributed by atoms with Crippen molar-refractivity contribution in [3.63, 3.8) is 0 Å². The van der Waals surface area contributed by atoms with Crippen LogP contribution in [0.2, 0.25) is 0 Å². The second kappa shape index (κ2) is 10.3. The Morgan fingerprint density at radius 3 is 2.54 bits per heavy atom. The molecular formula is C21H32N2O5. The summed E-state index contributed by atoms with van der Waals surface area (Å²) >= 11 is 0. The molecule has 0 saturated carbocycles. The molecule has 1 aromatic rings. The van der Waals surface area contributed by atoms with Gasteiger partial charge in [-0.15, -0.1) is 0 Å². The highest BCUT2D eigenvalue weighted by Gasteiger charge is 2.41. The second-order valence-electron chi connectivity index (χ2n) is 7.48. The van der Waals surface area contributed by atoms with Gasteiger partial charge in [0, 0.05) is 44.6 Å². The predicted molar refractivity (Wildman–Crippen MR) is 107 cm³/mol. The molecule has 2 rings (SSSR count). The van der Waals surface area contributed by atoms with Crippen LogP contribution in [0.1, 0.15) is 31.7 Å². The van der Waals surface area contributed by atoms with Crippen molar-refractivity contribution >= 4 is 11.8 Å². The Labute approximate surface area is 167 Å². The van der Waals surface area contributed by atoms with Crippen LogP contribution < -0.4 is 14.8 Å². The third-order valence-electron chi connectivity index (χ3n) is 5.03. The number of ether oxygens (including phenoxy) is 3. The van der Waals surface area contributed by atoms with E-state index in [1.807, 2.05) is 32.0 Å². The van der Waals surface area contributed by atoms with Crippen LogP contribution >= 0.6 is 0 Å². The average Bonchev–Trinajstić information content (AvgIpc) is 3.12. The molecule has 0 radical (unpaired) electrons. The minimum atomic E-state index is -0.353. The predicted octanol–water partition coefficient (Wildman–Crippen LogP) is 2.05. The lowest BCUT2D eigenvalue weighted by Gasteiger charge is -2.21. The Hall–Kier alpha value is -2.28. The lowest BCUT2D eigenvalue weighted by Crippen LogP contribution is -2.37. The fourth-order valence-corrected chi connectivity index (χ4v) is 3.68. The van der Waals surface area contributed by atoms with Crippen LogP contribution in [0.25, 0.3) is 0 Å². The van der Waals surface area contributed by atoms with Crippen molar-refractivity contribution in [1.82, 2.24) is 10.2 Å². The molecule has 0 aromatic heterocycles. The third kappa shape index (κ3) is 5.16. The van der Waals surface area contributed by atoms with Gasteiger partial charge in [0.1, 0.15) is 0 Å². The van der Waals surface area contributed by atoms with Crippen molar-refractivity contribution in [2.24, 2.45) is 11.8 Å². The van der Waals surface area contributed by atoms with Gasteiger partial charge in [-0.2, -0.15) is 0 Å². The van der Waals surface area contributed by atoms with Crippen LogP contribution in [-0.4, -0.2) is 64.3 Å². The zero-order valence-corrected chi connectivity index (χ0v) is 17.5. The number of benzene rings is 1. The normalized spacial score (nSPS) is 19.0. The summed E-state index contributed by atoms with van der Waals surface area (Å²) in [6, 6.07) is 5.65. The number of hydrogen-bond acceptors (Lipinski definition) is 5. The Morgan fingerprint density at radius 2 is 1.93 bits per heavy atom. The van der Waals surface area contributed by atoms with Gasteiger partial charge in [-0.25, -0.2) is 0 Å². The number of nitrogens with one attached hydrogen (secondary N) is 1. The number of carbonyl (C=O) groups excluding carboxylic acids is 2. The molecule has 156 valence electrons. The first-order valence-corrected chi connectivity index (χ1v) is 9.68. The molecule has 1 aliphatic heterocycles. The maximum absolute atomic E-state index is 12.9. The van der Waals surface area contributed by atoms with E-state index >= 15 is 0 Å². The van der Waals surface area contributed by atoms with E-state index in [9.17, 15) is 9.59 Å². The van der Waals surface area contributed by atoms with Crippen LogP contribution in [0, 0.1) is 11.8 Å². The molecule has 28 heavy (non-hydrogen) atoms. The number of para-hydroxylation sites is 1. The first-order valence-electron chi connectivity index (χ1n) is 9.68. The van der Waals surface area contributed by atoms with Gasteiger partial charge in [0.05, 0.1) is 26.7 Å². The summed E-state index contributed by atoms with van der Waals surface area (Å²) in [6.07, 6.45) is 0.472. The van der Waals surface area contributed by atoms with E-state index < -0.39 is 0 Å². The number of rotatable bonds is 9. The minimum absolute atomic E-state index is 0.0771. The molecule has 1 fully saturated rings. The largest absolute Gasteiger partial charge is 0.493 e. The molecule has 2 amide bonds. The molecule has 7 nitrogen and oxygen atoms in total. The van der Waals surface area contributed by atoms with E-state index in [0.717, 1.165) is 5.56 Å². The van der Waals surface area contributed by atoms with Crippen LogP contribution in [0.4, 0.5) is 0 Å². The summed E-state index contributed by atoms with van der Waals surface area (Å²) in [4.78, 5) is 27.3. The van der Waals surface area contributed by atoms with Crippen molar-refractivity contribution in [2.75, 3.05) is 47.6 Å². The average molecular weight is 392 g/mol. The van der Waals surface area contributed by atoms with Crippen molar-refractivity contribution in [3.05, 3.63) is 23.8 Å². The maximum Gasteiger partial charge on any atom is 0.225 e. The van der Waals surface area contributed by atoms with E-state index in [1.165, 1.54) is 0 Å². The summed E-state index contributed by atoms with van der Waals surface area (Å²) in [5.74, 6) is 0.985. The SMILES string of the molecule is COCCNC(=O)C1CN(C(=O)CC(C)C)CC1c1cccc(OC)c1OC. The van der Waals surface area contributed by atoms with E-state index in [-0.39, 0.29) is 29.6 Å². The number of nitrogens with zero attached hydrogens (tertiary/aromatic N) is 1. The van der Waals surface area contributed by atoms with E-state index in [2.05, 4.69) is 5.32 Å². The summed E-state index contributed by atoms with van der Waals surface area (Å²) in [7, 11) is 4.77. The Morgan fingerprint density at radius 1 is 1.18 bits per heavy atom. The molecular weight excluding hydrogens is 360 g/mol. The Kier molecular flexibility index (Phi) is 8.11. The highest BCUT2D eigenvalue weighted by Crippen LogP contribution is 2.42. The van der Waals surface area contributed by atoms with Crippen LogP contribution in [0.15, 0.2) is 18.2 Å². The standard InChI is InChI=1S/C21H32N2O5/c1-14(2)11-19(24)23-12-16(17(13-23)21(25)22-9-10-26-3)15-7-6-8-18(27-4)20(15)28-5/h6-8,14,16-17H,9-13H2,1-5H3,(H,22,25). The molecule has 7 heteroatoms. The lowest BCUT2D eigenvalue weighted by molar-refractivity contribution is -0.131. The maximum atomic E-state index is 12.9. The first-order chi connectivity index (χ1) is 13.4. The zero-order valence-electron chi connectivity index (χ0n) is 17.5. The molecule has 1 saturated heterocycles. The van der Waals surface area contributed by atoms with E-state index in [0.29, 0.717) is 44.2 Å². The summed E-state index contributed by atoms with van der Waals surface area (Å²) in [5, 5.41) is 2.92. The number of methoxy groups -OCH3 is 3. The quantitative estimate of drug-likeness (QED) is 0.651. The molecule has 1 aromatic carbocycles. The summed E-state index contributed by atoms with van der Waals surface area (Å²) < 4.78 is 16.0. The van der Waals surface area contributed by atoms with Gasteiger partial charge in [-0.3, -0.25) is 9.59 Å². The van der Waals surface area contributed by atoms with Gasteiger partial charge in [0.15, 0.2) is 11.5 Å². The molecule has 1 N–H and O–H groups in total. The fraction of sp³-hybridized carbons (Fsp3) is 0.619. The second-order valence-corrected chi connectivity index (χ2v) is 7.48. The molecule has 1 heterocycles. The van der Waals surface area contributed by atoms with Crippen molar-refractivity contribution in [3.8, 4) is 11.5 Å². The zero-order chi connectivity index (χ0) is 20.7. The monoisotopic (exact) mass is 392 g/mol. The van der Waals surface area contributed by atoms with Gasteiger partial charge < -0.3 is 24.4 Å². The third-order valence-corrected chi connectivity index (χ3v) is 5.03. The lowest BCUT2D eigenvalue weighted by atomic mass is 9.87. The van der Waals surface area contributed by atoms with Crippen molar-refractivity contribution in [1.29, 1.82) is 0 Å². The van der Waals surface area contributed by atoms with E-state index in [1.54, 1.807) is 26.2 Å². The van der Waals surface area contributed by atoms with Gasteiger partial charge >= 0.3 is 0 Å². The van der Waals surface area contributed by atoms with Crippen LogP contribution in [0.3, 0.4) is 0 Å². The number of hydrogen-bond donors (Lipinski definition) is 1. The fourth-order valence-electron chi connectivity index (χ4n) is 3.68. The highest BCUT2D eigenvalue weighted by atomic mass is 16.5. The smallest absolute Gasteiger partial charge is 0.225 e. The van der Waals surface area contributed by atoms with Gasteiger partial charge in [0.25, 0.3) is 0 Å². The molecule has 0 spiro atoms. The first kappa shape index (κ1) is 22.0. The molecule has 0 aliphatic carbocycles. The Balaban J connectivity index is 2.31. The van der Waals surface area contributed by atoms with E-state index in [4.69, 9.17) is 14.2 Å². The number of carbonyl (C=O) groups is 2. The minimum Gasteiger partial charge on any atom is -0.493 e. The van der Waals surface area contributed by atoms with Gasteiger partial charge in [-0.05, 0) is 12.0 Å². The van der Waals surface area contributed by atoms with Crippen molar-refractivity contribution < 1.29 is 23.8 Å². The van der Waals surface area contributed by atoms with Crippen LogP contribution in [-0.2, 0) is 14.3 Å². The molecule has 2 atom stereocenters. The summed E-state index contributed by atoms with van der Waals surface area (Å²) in [6.45, 7) is 5.80.